The first kappa shape index (κ1) is 32.8. The summed E-state index contributed by atoms with van der Waals surface area (Å²) in [7, 11) is -0.407. The molecule has 1 fully saturated rings. The predicted octanol–water partition coefficient (Wildman–Crippen LogP) is 11.3. The monoisotopic (exact) mass is 566 g/mol. The van der Waals surface area contributed by atoms with Crippen LogP contribution in [0.3, 0.4) is 0 Å². The summed E-state index contributed by atoms with van der Waals surface area (Å²) in [6.45, 7) is 43.5. The zero-order valence-corrected chi connectivity index (χ0v) is 30.7. The Morgan fingerprint density at radius 3 is 0.718 bits per heavy atom. The molecule has 0 N–H and O–H groups in total. The molecule has 3 rings (SSSR count). The minimum Gasteiger partial charge on any atom is -0.0561 e. The maximum Gasteiger partial charge on any atom is 0.00440 e. The summed E-state index contributed by atoms with van der Waals surface area (Å²) in [4.78, 5) is 0. The molecule has 2 aromatic rings. The summed E-state index contributed by atoms with van der Waals surface area (Å²) in [5.74, 6) is 1.38. The SMILES string of the molecule is CC(C)(C)c1cc(C(C)(C)C)c([P@@]2C[P@]2c2c(C(C)(C)C)cc(C(C)(C)C)cc2C(C)(C)C)c(C(C)(C)C)c1. The molecule has 1 aliphatic rings. The van der Waals surface area contributed by atoms with Gasteiger partial charge in [-0.3, -0.25) is 0 Å². The minimum atomic E-state index is -0.203. The molecule has 1 heterocycles. The van der Waals surface area contributed by atoms with E-state index in [1.807, 2.05) is 0 Å². The van der Waals surface area contributed by atoms with Crippen molar-refractivity contribution in [3.8, 4) is 0 Å². The van der Waals surface area contributed by atoms with E-state index in [9.17, 15) is 0 Å². The van der Waals surface area contributed by atoms with Gasteiger partial charge in [-0.05, 0) is 91.7 Å². The van der Waals surface area contributed by atoms with Gasteiger partial charge < -0.3 is 0 Å². The van der Waals surface area contributed by atoms with Gasteiger partial charge in [0, 0.05) is 5.90 Å². The molecular weight excluding hydrogens is 506 g/mol. The first-order chi connectivity index (χ1) is 17.1. The third kappa shape index (κ3) is 7.03. The van der Waals surface area contributed by atoms with Gasteiger partial charge in [-0.1, -0.05) is 149 Å². The van der Waals surface area contributed by atoms with Gasteiger partial charge in [0.05, 0.1) is 0 Å². The molecule has 0 aromatic heterocycles. The van der Waals surface area contributed by atoms with E-state index in [1.165, 1.54) is 17.0 Å². The van der Waals surface area contributed by atoms with Gasteiger partial charge in [0.2, 0.25) is 0 Å². The van der Waals surface area contributed by atoms with E-state index in [-0.39, 0.29) is 47.7 Å². The van der Waals surface area contributed by atoms with Crippen molar-refractivity contribution in [1.29, 1.82) is 0 Å². The second kappa shape index (κ2) is 9.95. The van der Waals surface area contributed by atoms with Crippen molar-refractivity contribution >= 4 is 25.8 Å². The largest absolute Gasteiger partial charge is 0.0561 e. The Labute approximate surface area is 246 Å². The summed E-state index contributed by atoms with van der Waals surface area (Å²) in [6, 6.07) is 10.4. The Morgan fingerprint density at radius 2 is 0.564 bits per heavy atom. The van der Waals surface area contributed by atoms with Crippen LogP contribution in [-0.2, 0) is 32.5 Å². The van der Waals surface area contributed by atoms with Crippen molar-refractivity contribution < 1.29 is 0 Å². The standard InChI is InChI=1S/C37H60P2/c1-32(2,3)24-19-26(34(7,8)9)30(27(20-24)35(10,11)12)38-23-39(38)31-28(36(13,14)15)21-25(33(4,5)6)22-29(31)37(16,17)18/h19-22H,23H2,1-18H3/t38-,39-/m1/s1. The van der Waals surface area contributed by atoms with Gasteiger partial charge in [0.15, 0.2) is 0 Å². The number of rotatable bonds is 2. The van der Waals surface area contributed by atoms with Crippen LogP contribution in [0.1, 0.15) is 158 Å². The molecule has 0 aliphatic carbocycles. The van der Waals surface area contributed by atoms with Crippen molar-refractivity contribution in [3.05, 3.63) is 57.6 Å². The number of hydrogen-bond acceptors (Lipinski definition) is 0. The number of benzene rings is 2. The smallest absolute Gasteiger partial charge is 0.00440 e. The highest BCUT2D eigenvalue weighted by molar-refractivity contribution is 8.51. The highest BCUT2D eigenvalue weighted by Crippen LogP contribution is 2.88. The van der Waals surface area contributed by atoms with Crippen LogP contribution in [-0.4, -0.2) is 5.90 Å². The average molecular weight is 567 g/mol. The second-order valence-corrected chi connectivity index (χ2v) is 24.8. The lowest BCUT2D eigenvalue weighted by molar-refractivity contribution is 0.553. The van der Waals surface area contributed by atoms with Gasteiger partial charge in [0.25, 0.3) is 0 Å². The Balaban J connectivity index is 2.38. The van der Waals surface area contributed by atoms with E-state index in [1.54, 1.807) is 32.9 Å². The van der Waals surface area contributed by atoms with Crippen molar-refractivity contribution in [2.24, 2.45) is 0 Å². The van der Waals surface area contributed by atoms with E-state index in [4.69, 9.17) is 0 Å². The summed E-state index contributed by atoms with van der Waals surface area (Å²) in [5, 5.41) is 3.48. The molecule has 218 valence electrons. The van der Waals surface area contributed by atoms with Crippen LogP contribution in [0.2, 0.25) is 0 Å². The molecule has 2 atom stereocenters. The van der Waals surface area contributed by atoms with Crippen LogP contribution in [0.25, 0.3) is 0 Å². The molecule has 0 bridgehead atoms. The highest BCUT2D eigenvalue weighted by Gasteiger charge is 2.48. The fraction of sp³-hybridized carbons (Fsp3) is 0.676. The zero-order valence-electron chi connectivity index (χ0n) is 28.9. The maximum absolute atomic E-state index is 2.59. The van der Waals surface area contributed by atoms with Gasteiger partial charge in [-0.25, -0.2) is 0 Å². The van der Waals surface area contributed by atoms with Crippen molar-refractivity contribution in [1.82, 2.24) is 0 Å². The minimum absolute atomic E-state index is 0.123. The molecular formula is C37H60P2. The molecule has 0 spiro atoms. The Morgan fingerprint density at radius 1 is 0.359 bits per heavy atom. The van der Waals surface area contributed by atoms with Crippen LogP contribution >= 0.6 is 15.2 Å². The summed E-state index contributed by atoms with van der Waals surface area (Å²) < 4.78 is 0. The Bertz CT molecular complexity index is 1050. The second-order valence-electron chi connectivity index (χ2n) is 18.3. The fourth-order valence-electron chi connectivity index (χ4n) is 5.46. The lowest BCUT2D eigenvalue weighted by atomic mass is 9.75. The molecule has 0 radical (unpaired) electrons. The maximum atomic E-state index is 2.59. The van der Waals surface area contributed by atoms with Gasteiger partial charge in [-0.2, -0.15) is 0 Å². The molecule has 0 amide bonds. The first-order valence-corrected chi connectivity index (χ1v) is 18.8. The molecule has 0 saturated carbocycles. The summed E-state index contributed by atoms with van der Waals surface area (Å²) >= 11 is 0. The predicted molar refractivity (Wildman–Crippen MR) is 183 cm³/mol. The third-order valence-corrected chi connectivity index (χ3v) is 15.2. The topological polar surface area (TPSA) is 0 Å². The molecule has 2 aromatic carbocycles. The average Bonchev–Trinajstić information content (AvgIpc) is 3.48. The van der Waals surface area contributed by atoms with Crippen LogP contribution < -0.4 is 10.6 Å². The van der Waals surface area contributed by atoms with Gasteiger partial charge >= 0.3 is 0 Å². The van der Waals surface area contributed by atoms with E-state index < -0.39 is 0 Å². The third-order valence-electron chi connectivity index (χ3n) is 8.17. The molecule has 2 heteroatoms. The van der Waals surface area contributed by atoms with Crippen molar-refractivity contribution in [2.75, 3.05) is 5.90 Å². The normalized spacial score (nSPS) is 19.4. The van der Waals surface area contributed by atoms with Crippen LogP contribution in [0, 0.1) is 0 Å². The lowest BCUT2D eigenvalue weighted by Crippen LogP contribution is -2.31. The van der Waals surface area contributed by atoms with Crippen molar-refractivity contribution in [2.45, 2.75) is 157 Å². The van der Waals surface area contributed by atoms with Crippen LogP contribution in [0.5, 0.6) is 0 Å². The van der Waals surface area contributed by atoms with Crippen LogP contribution in [0.15, 0.2) is 24.3 Å². The molecule has 1 aliphatic heterocycles. The van der Waals surface area contributed by atoms with Crippen molar-refractivity contribution in [3.63, 3.8) is 0 Å². The highest BCUT2D eigenvalue weighted by atomic mass is 32.1. The van der Waals surface area contributed by atoms with E-state index in [2.05, 4.69) is 149 Å². The molecule has 39 heavy (non-hydrogen) atoms. The van der Waals surface area contributed by atoms with E-state index in [0.717, 1.165) is 0 Å². The molecule has 1 saturated heterocycles. The van der Waals surface area contributed by atoms with E-state index in [0.29, 0.717) is 0 Å². The first-order valence-electron chi connectivity index (χ1n) is 15.1. The number of hydrogen-bond donors (Lipinski definition) is 0. The van der Waals surface area contributed by atoms with Crippen LogP contribution in [0.4, 0.5) is 0 Å². The quantitative estimate of drug-likeness (QED) is 0.317. The molecule has 0 unspecified atom stereocenters. The fourth-order valence-corrected chi connectivity index (χ4v) is 14.5. The summed E-state index contributed by atoms with van der Waals surface area (Å²) in [5.41, 5.74) is 10.2. The molecule has 0 nitrogen and oxygen atoms in total. The Hall–Kier alpha value is -0.700. The summed E-state index contributed by atoms with van der Waals surface area (Å²) in [6.07, 6.45) is 0. The van der Waals surface area contributed by atoms with E-state index >= 15 is 0 Å². The van der Waals surface area contributed by atoms with Gasteiger partial charge in [0.1, 0.15) is 0 Å². The lowest BCUT2D eigenvalue weighted by Gasteiger charge is -2.35. The van der Waals surface area contributed by atoms with Gasteiger partial charge in [-0.15, -0.1) is 0 Å². The Kier molecular flexibility index (Phi) is 8.37. The zero-order chi connectivity index (χ0) is 30.3.